The Morgan fingerprint density at radius 2 is 1.89 bits per heavy atom. The van der Waals surface area contributed by atoms with Gasteiger partial charge in [0.25, 0.3) is 5.19 Å². The van der Waals surface area contributed by atoms with Crippen molar-refractivity contribution in [3.05, 3.63) is 35.7 Å². The minimum absolute atomic E-state index is 0.0664. The third-order valence-corrected chi connectivity index (χ3v) is 3.20. The van der Waals surface area contributed by atoms with Crippen LogP contribution in [-0.2, 0) is 11.8 Å². The highest BCUT2D eigenvalue weighted by Crippen LogP contribution is 2.27. The Kier molecular flexibility index (Phi) is 4.17. The van der Waals surface area contributed by atoms with Crippen LogP contribution in [0.4, 0.5) is 0 Å². The minimum atomic E-state index is -0.0664. The number of aliphatic hydroxyl groups is 1. The summed E-state index contributed by atoms with van der Waals surface area (Å²) in [5, 5.41) is 9.41. The fourth-order valence-electron chi connectivity index (χ4n) is 1.51. The number of hydrogen-bond acceptors (Lipinski definition) is 5. The summed E-state index contributed by atoms with van der Waals surface area (Å²) < 4.78 is 9.97. The molecule has 1 heterocycles. The first-order chi connectivity index (χ1) is 8.99. The SMILES string of the molecule is CC(C)(C)c1nsc(Oc2ccc(CCO)cc2)n1. The van der Waals surface area contributed by atoms with E-state index in [2.05, 4.69) is 30.1 Å². The summed E-state index contributed by atoms with van der Waals surface area (Å²) in [6.07, 6.45) is 0.660. The average molecular weight is 278 g/mol. The van der Waals surface area contributed by atoms with Crippen molar-refractivity contribution >= 4 is 11.5 Å². The van der Waals surface area contributed by atoms with Gasteiger partial charge in [0.15, 0.2) is 5.82 Å². The van der Waals surface area contributed by atoms with Crippen molar-refractivity contribution in [3.8, 4) is 10.9 Å². The summed E-state index contributed by atoms with van der Waals surface area (Å²) in [5.74, 6) is 1.53. The van der Waals surface area contributed by atoms with Crippen LogP contribution in [0.25, 0.3) is 0 Å². The Balaban J connectivity index is 2.06. The average Bonchev–Trinajstić information content (AvgIpc) is 2.80. The van der Waals surface area contributed by atoms with Crippen molar-refractivity contribution < 1.29 is 9.84 Å². The predicted octanol–water partition coefficient (Wildman–Crippen LogP) is 3.16. The molecule has 0 fully saturated rings. The molecule has 2 rings (SSSR count). The molecule has 0 aliphatic rings. The lowest BCUT2D eigenvalue weighted by atomic mass is 9.96. The normalized spacial score (nSPS) is 11.6. The standard InChI is InChI=1S/C14H18N2O2S/c1-14(2,3)12-15-13(19-16-12)18-11-6-4-10(5-7-11)8-9-17/h4-7,17H,8-9H2,1-3H3. The minimum Gasteiger partial charge on any atom is -0.430 e. The molecule has 0 aliphatic heterocycles. The molecule has 0 aliphatic carbocycles. The molecule has 1 N–H and O–H groups in total. The van der Waals surface area contributed by atoms with E-state index in [1.165, 1.54) is 11.5 Å². The molecule has 19 heavy (non-hydrogen) atoms. The second-order valence-corrected chi connectivity index (χ2v) is 6.07. The van der Waals surface area contributed by atoms with Crippen molar-refractivity contribution in [2.45, 2.75) is 32.6 Å². The molecule has 2 aromatic rings. The molecule has 5 heteroatoms. The van der Waals surface area contributed by atoms with Gasteiger partial charge in [-0.2, -0.15) is 9.36 Å². The summed E-state index contributed by atoms with van der Waals surface area (Å²) in [5.41, 5.74) is 1.02. The van der Waals surface area contributed by atoms with Crippen LogP contribution >= 0.6 is 11.5 Å². The van der Waals surface area contributed by atoms with Gasteiger partial charge in [0.2, 0.25) is 0 Å². The van der Waals surface area contributed by atoms with E-state index in [0.29, 0.717) is 11.6 Å². The molecule has 0 radical (unpaired) electrons. The second kappa shape index (κ2) is 5.67. The molecule has 1 aromatic carbocycles. The van der Waals surface area contributed by atoms with Gasteiger partial charge in [-0.05, 0) is 24.1 Å². The zero-order valence-corrected chi connectivity index (χ0v) is 12.2. The largest absolute Gasteiger partial charge is 0.430 e. The molecular weight excluding hydrogens is 260 g/mol. The fourth-order valence-corrected chi connectivity index (χ4v) is 2.25. The topological polar surface area (TPSA) is 55.2 Å². The molecule has 0 saturated heterocycles. The first kappa shape index (κ1) is 14.0. The van der Waals surface area contributed by atoms with Crippen LogP contribution in [0.3, 0.4) is 0 Å². The van der Waals surface area contributed by atoms with E-state index in [1.807, 2.05) is 24.3 Å². The number of hydrogen-bond donors (Lipinski definition) is 1. The van der Waals surface area contributed by atoms with Gasteiger partial charge in [-0.1, -0.05) is 32.9 Å². The van der Waals surface area contributed by atoms with Gasteiger partial charge in [-0.25, -0.2) is 0 Å². The first-order valence-corrected chi connectivity index (χ1v) is 6.98. The fraction of sp³-hybridized carbons (Fsp3) is 0.429. The van der Waals surface area contributed by atoms with E-state index in [-0.39, 0.29) is 12.0 Å². The molecule has 0 bridgehead atoms. The molecule has 0 spiro atoms. The Hall–Kier alpha value is -1.46. The molecule has 0 atom stereocenters. The third-order valence-electron chi connectivity index (χ3n) is 2.61. The number of aromatic nitrogens is 2. The van der Waals surface area contributed by atoms with Gasteiger partial charge < -0.3 is 9.84 Å². The Labute approximate surface area is 117 Å². The lowest BCUT2D eigenvalue weighted by molar-refractivity contribution is 0.299. The van der Waals surface area contributed by atoms with E-state index < -0.39 is 0 Å². The van der Waals surface area contributed by atoms with Crippen molar-refractivity contribution in [1.82, 2.24) is 9.36 Å². The van der Waals surface area contributed by atoms with Gasteiger partial charge in [0.05, 0.1) is 0 Å². The number of ether oxygens (including phenoxy) is 1. The third kappa shape index (κ3) is 3.75. The zero-order chi connectivity index (χ0) is 13.9. The molecule has 102 valence electrons. The van der Waals surface area contributed by atoms with E-state index in [0.717, 1.165) is 17.1 Å². The van der Waals surface area contributed by atoms with Crippen LogP contribution in [0.5, 0.6) is 10.9 Å². The lowest BCUT2D eigenvalue weighted by Gasteiger charge is -2.12. The molecule has 0 unspecified atom stereocenters. The summed E-state index contributed by atoms with van der Waals surface area (Å²) in [6, 6.07) is 7.64. The molecule has 1 aromatic heterocycles. The van der Waals surface area contributed by atoms with Crippen molar-refractivity contribution in [3.63, 3.8) is 0 Å². The van der Waals surface area contributed by atoms with Crippen molar-refractivity contribution in [2.24, 2.45) is 0 Å². The maximum Gasteiger partial charge on any atom is 0.298 e. The van der Waals surface area contributed by atoms with Gasteiger partial charge in [-0.15, -0.1) is 0 Å². The number of rotatable bonds is 4. The maximum absolute atomic E-state index is 8.86. The highest BCUT2D eigenvalue weighted by atomic mass is 32.1. The van der Waals surface area contributed by atoms with Crippen LogP contribution in [-0.4, -0.2) is 21.1 Å². The Bertz CT molecular complexity index is 529. The van der Waals surface area contributed by atoms with Gasteiger partial charge >= 0.3 is 0 Å². The Morgan fingerprint density at radius 3 is 2.42 bits per heavy atom. The summed E-state index contributed by atoms with van der Waals surface area (Å²) in [6.45, 7) is 6.37. The number of aliphatic hydroxyl groups excluding tert-OH is 1. The van der Waals surface area contributed by atoms with Gasteiger partial charge in [0.1, 0.15) is 5.75 Å². The second-order valence-electron chi connectivity index (χ2n) is 5.35. The van der Waals surface area contributed by atoms with Crippen LogP contribution in [0.1, 0.15) is 32.2 Å². The molecule has 4 nitrogen and oxygen atoms in total. The zero-order valence-electron chi connectivity index (χ0n) is 11.4. The van der Waals surface area contributed by atoms with E-state index in [1.54, 1.807) is 0 Å². The van der Waals surface area contributed by atoms with Crippen LogP contribution in [0.15, 0.2) is 24.3 Å². The van der Waals surface area contributed by atoms with Gasteiger partial charge in [0, 0.05) is 23.6 Å². The smallest absolute Gasteiger partial charge is 0.298 e. The molecular formula is C14H18N2O2S. The van der Waals surface area contributed by atoms with Crippen molar-refractivity contribution in [2.75, 3.05) is 6.61 Å². The summed E-state index contributed by atoms with van der Waals surface area (Å²) >= 11 is 1.26. The highest BCUT2D eigenvalue weighted by Gasteiger charge is 2.20. The first-order valence-electron chi connectivity index (χ1n) is 6.21. The number of benzene rings is 1. The van der Waals surface area contributed by atoms with E-state index >= 15 is 0 Å². The van der Waals surface area contributed by atoms with Gasteiger partial charge in [-0.3, -0.25) is 0 Å². The van der Waals surface area contributed by atoms with Crippen LogP contribution in [0, 0.1) is 0 Å². The monoisotopic (exact) mass is 278 g/mol. The molecule has 0 amide bonds. The number of nitrogens with zero attached hydrogens (tertiary/aromatic N) is 2. The lowest BCUT2D eigenvalue weighted by Crippen LogP contribution is -2.12. The molecule has 0 saturated carbocycles. The Morgan fingerprint density at radius 1 is 1.21 bits per heavy atom. The highest BCUT2D eigenvalue weighted by molar-refractivity contribution is 7.07. The predicted molar refractivity (Wildman–Crippen MR) is 75.9 cm³/mol. The van der Waals surface area contributed by atoms with Crippen molar-refractivity contribution in [1.29, 1.82) is 0 Å². The maximum atomic E-state index is 8.86. The van der Waals surface area contributed by atoms with Crippen LogP contribution < -0.4 is 4.74 Å². The van der Waals surface area contributed by atoms with E-state index in [9.17, 15) is 0 Å². The van der Waals surface area contributed by atoms with E-state index in [4.69, 9.17) is 9.84 Å². The summed E-state index contributed by atoms with van der Waals surface area (Å²) in [7, 11) is 0. The summed E-state index contributed by atoms with van der Waals surface area (Å²) in [4.78, 5) is 4.38. The quantitative estimate of drug-likeness (QED) is 0.933. The van der Waals surface area contributed by atoms with Crippen LogP contribution in [0.2, 0.25) is 0 Å².